The Labute approximate surface area is 187 Å². The number of unbranched alkanes of at least 4 members (excludes halogenated alkanes) is 16. The smallest absolute Gasteiger partial charge is 0.229 e. The molecule has 178 valence electrons. The van der Waals surface area contributed by atoms with Gasteiger partial charge in [0.1, 0.15) is 0 Å². The van der Waals surface area contributed by atoms with E-state index in [4.69, 9.17) is 5.73 Å². The van der Waals surface area contributed by atoms with E-state index in [1.165, 1.54) is 94.8 Å². The van der Waals surface area contributed by atoms with Crippen LogP contribution in [-0.2, 0) is 9.59 Å². The van der Waals surface area contributed by atoms with Gasteiger partial charge in [0, 0.05) is 25.9 Å². The van der Waals surface area contributed by atoms with Gasteiger partial charge >= 0.3 is 0 Å². The van der Waals surface area contributed by atoms with Crippen LogP contribution in [0.3, 0.4) is 0 Å². The van der Waals surface area contributed by atoms with E-state index >= 15 is 0 Å². The monoisotopic (exact) mass is 424 g/mol. The maximum atomic E-state index is 12.5. The molecule has 0 aliphatic carbocycles. The molecule has 30 heavy (non-hydrogen) atoms. The van der Waals surface area contributed by atoms with E-state index in [0.29, 0.717) is 25.9 Å². The minimum Gasteiger partial charge on any atom is -0.329 e. The van der Waals surface area contributed by atoms with Crippen LogP contribution in [0.2, 0.25) is 0 Å². The Kier molecular flexibility index (Phi) is 22.1. The Balaban J connectivity index is 3.83. The fourth-order valence-corrected chi connectivity index (χ4v) is 3.96. The van der Waals surface area contributed by atoms with E-state index in [9.17, 15) is 9.59 Å². The van der Waals surface area contributed by atoms with Crippen molar-refractivity contribution in [2.45, 2.75) is 142 Å². The van der Waals surface area contributed by atoms with Gasteiger partial charge in [-0.2, -0.15) is 0 Å². The average Bonchev–Trinajstić information content (AvgIpc) is 2.74. The van der Waals surface area contributed by atoms with E-state index in [-0.39, 0.29) is 11.8 Å². The molecule has 0 bridgehead atoms. The first-order chi connectivity index (χ1) is 14.7. The molecule has 0 fully saturated rings. The Morgan fingerprint density at radius 2 is 0.833 bits per heavy atom. The van der Waals surface area contributed by atoms with Gasteiger partial charge in [0.05, 0.1) is 0 Å². The Hall–Kier alpha value is -0.900. The first kappa shape index (κ1) is 29.1. The molecule has 0 radical (unpaired) electrons. The molecular weight excluding hydrogens is 372 g/mol. The minimum atomic E-state index is -0.0238. The molecular formula is C26H52N2O2. The van der Waals surface area contributed by atoms with Crippen molar-refractivity contribution in [2.75, 3.05) is 13.1 Å². The van der Waals surface area contributed by atoms with Crippen LogP contribution in [-0.4, -0.2) is 29.8 Å². The van der Waals surface area contributed by atoms with Gasteiger partial charge in [-0.3, -0.25) is 14.5 Å². The Bertz CT molecular complexity index is 364. The van der Waals surface area contributed by atoms with Gasteiger partial charge in [-0.1, -0.05) is 117 Å². The van der Waals surface area contributed by atoms with Gasteiger partial charge in [-0.05, 0) is 12.8 Å². The molecule has 0 aromatic carbocycles. The van der Waals surface area contributed by atoms with Crippen LogP contribution >= 0.6 is 0 Å². The van der Waals surface area contributed by atoms with Crippen LogP contribution in [0.4, 0.5) is 0 Å². The number of hydrogen-bond donors (Lipinski definition) is 1. The SMILES string of the molecule is CCCCCCCCCCCC(=O)N(CCN)C(=O)CCCCCCCCCCC. The highest BCUT2D eigenvalue weighted by molar-refractivity contribution is 5.95. The summed E-state index contributed by atoms with van der Waals surface area (Å²) in [7, 11) is 0. The molecule has 0 atom stereocenters. The zero-order chi connectivity index (χ0) is 22.3. The van der Waals surface area contributed by atoms with E-state index < -0.39 is 0 Å². The van der Waals surface area contributed by atoms with Gasteiger partial charge in [0.2, 0.25) is 11.8 Å². The van der Waals surface area contributed by atoms with Crippen LogP contribution in [0.5, 0.6) is 0 Å². The van der Waals surface area contributed by atoms with Crippen molar-refractivity contribution >= 4 is 11.8 Å². The van der Waals surface area contributed by atoms with Crippen LogP contribution in [0.1, 0.15) is 142 Å². The van der Waals surface area contributed by atoms with Crippen molar-refractivity contribution in [1.29, 1.82) is 0 Å². The van der Waals surface area contributed by atoms with Gasteiger partial charge < -0.3 is 5.73 Å². The lowest BCUT2D eigenvalue weighted by atomic mass is 10.1. The number of amides is 2. The standard InChI is InChI=1S/C26H52N2O2/c1-3-5-7-9-11-13-15-17-19-21-25(29)28(24-23-27)26(30)22-20-18-16-14-12-10-8-6-4-2/h3-24,27H2,1-2H3. The summed E-state index contributed by atoms with van der Waals surface area (Å²) in [5.41, 5.74) is 5.65. The van der Waals surface area contributed by atoms with Crippen molar-refractivity contribution in [1.82, 2.24) is 4.90 Å². The van der Waals surface area contributed by atoms with Crippen LogP contribution in [0, 0.1) is 0 Å². The second-order valence-corrected chi connectivity index (χ2v) is 8.88. The maximum absolute atomic E-state index is 12.5. The summed E-state index contributed by atoms with van der Waals surface area (Å²) in [6.07, 6.45) is 23.1. The van der Waals surface area contributed by atoms with Crippen LogP contribution in [0.15, 0.2) is 0 Å². The average molecular weight is 425 g/mol. The maximum Gasteiger partial charge on any atom is 0.229 e. The topological polar surface area (TPSA) is 63.4 Å². The van der Waals surface area contributed by atoms with E-state index in [2.05, 4.69) is 13.8 Å². The molecule has 2 N–H and O–H groups in total. The third kappa shape index (κ3) is 17.9. The van der Waals surface area contributed by atoms with Crippen molar-refractivity contribution in [3.8, 4) is 0 Å². The molecule has 0 saturated heterocycles. The largest absolute Gasteiger partial charge is 0.329 e. The number of hydrogen-bond acceptors (Lipinski definition) is 3. The molecule has 0 aliphatic rings. The molecule has 4 heteroatoms. The number of carbonyl (C=O) groups excluding carboxylic acids is 2. The summed E-state index contributed by atoms with van der Waals surface area (Å²) in [4.78, 5) is 26.4. The van der Waals surface area contributed by atoms with Crippen molar-refractivity contribution in [3.63, 3.8) is 0 Å². The Morgan fingerprint density at radius 1 is 0.533 bits per heavy atom. The molecule has 4 nitrogen and oxygen atoms in total. The lowest BCUT2D eigenvalue weighted by Gasteiger charge is -2.20. The molecule has 0 aliphatic heterocycles. The molecule has 0 rings (SSSR count). The number of carbonyl (C=O) groups is 2. The fourth-order valence-electron chi connectivity index (χ4n) is 3.96. The second-order valence-electron chi connectivity index (χ2n) is 8.88. The summed E-state index contributed by atoms with van der Waals surface area (Å²) >= 11 is 0. The second kappa shape index (κ2) is 22.8. The van der Waals surface area contributed by atoms with Crippen LogP contribution in [0.25, 0.3) is 0 Å². The highest BCUT2D eigenvalue weighted by Crippen LogP contribution is 2.13. The van der Waals surface area contributed by atoms with E-state index in [1.54, 1.807) is 0 Å². The molecule has 2 amide bonds. The summed E-state index contributed by atoms with van der Waals surface area (Å²) in [6.45, 7) is 5.21. The highest BCUT2D eigenvalue weighted by atomic mass is 16.2. The lowest BCUT2D eigenvalue weighted by Crippen LogP contribution is -2.40. The lowest BCUT2D eigenvalue weighted by molar-refractivity contribution is -0.144. The summed E-state index contributed by atoms with van der Waals surface area (Å²) < 4.78 is 0. The summed E-state index contributed by atoms with van der Waals surface area (Å²) in [5, 5.41) is 0. The summed E-state index contributed by atoms with van der Waals surface area (Å²) in [6, 6.07) is 0. The van der Waals surface area contributed by atoms with E-state index in [0.717, 1.165) is 25.7 Å². The van der Waals surface area contributed by atoms with Gasteiger partial charge in [-0.15, -0.1) is 0 Å². The molecule has 0 unspecified atom stereocenters. The predicted octanol–water partition coefficient (Wildman–Crippen LogP) is 7.14. The molecule has 0 aromatic heterocycles. The first-order valence-electron chi connectivity index (χ1n) is 13.2. The predicted molar refractivity (Wildman–Crippen MR) is 129 cm³/mol. The number of nitrogens with zero attached hydrogens (tertiary/aromatic N) is 1. The normalized spacial score (nSPS) is 11.0. The highest BCUT2D eigenvalue weighted by Gasteiger charge is 2.19. The molecule has 0 saturated carbocycles. The number of nitrogens with two attached hydrogens (primary N) is 1. The Morgan fingerprint density at radius 3 is 1.13 bits per heavy atom. The quantitative estimate of drug-likeness (QED) is 0.188. The van der Waals surface area contributed by atoms with Crippen LogP contribution < -0.4 is 5.73 Å². The van der Waals surface area contributed by atoms with Crippen molar-refractivity contribution < 1.29 is 9.59 Å². The first-order valence-corrected chi connectivity index (χ1v) is 13.2. The number of imide groups is 1. The van der Waals surface area contributed by atoms with Gasteiger partial charge in [-0.25, -0.2) is 0 Å². The zero-order valence-corrected chi connectivity index (χ0v) is 20.4. The fraction of sp³-hybridized carbons (Fsp3) is 0.923. The zero-order valence-electron chi connectivity index (χ0n) is 20.4. The van der Waals surface area contributed by atoms with Gasteiger partial charge in [0.25, 0.3) is 0 Å². The minimum absolute atomic E-state index is 0.0238. The van der Waals surface area contributed by atoms with Gasteiger partial charge in [0.15, 0.2) is 0 Å². The molecule has 0 heterocycles. The number of rotatable bonds is 22. The van der Waals surface area contributed by atoms with Crippen molar-refractivity contribution in [2.24, 2.45) is 5.73 Å². The molecule has 0 aromatic rings. The third-order valence-electron chi connectivity index (χ3n) is 5.94. The van der Waals surface area contributed by atoms with Crippen molar-refractivity contribution in [3.05, 3.63) is 0 Å². The molecule has 0 spiro atoms. The van der Waals surface area contributed by atoms with E-state index in [1.807, 2.05) is 0 Å². The third-order valence-corrected chi connectivity index (χ3v) is 5.94. The summed E-state index contributed by atoms with van der Waals surface area (Å²) in [5.74, 6) is -0.0476.